The molecule has 5 heteroatoms. The van der Waals surface area contributed by atoms with Crippen LogP contribution < -0.4 is 0 Å². The Morgan fingerprint density at radius 2 is 1.86 bits per heavy atom. The van der Waals surface area contributed by atoms with Gasteiger partial charge in [-0.1, -0.05) is 5.57 Å². The molecule has 0 amide bonds. The fourth-order valence-corrected chi connectivity index (χ4v) is 4.10. The molecule has 0 spiro atoms. The topological polar surface area (TPSA) is 53.0 Å². The third kappa shape index (κ3) is 3.84. The van der Waals surface area contributed by atoms with Crippen molar-refractivity contribution in [2.45, 2.75) is 44.2 Å². The molecule has 0 aromatic carbocycles. The van der Waals surface area contributed by atoms with Crippen LogP contribution in [0.15, 0.2) is 11.6 Å². The highest BCUT2D eigenvalue weighted by Crippen LogP contribution is 2.38. The van der Waals surface area contributed by atoms with Gasteiger partial charge in [-0.25, -0.2) is 4.79 Å². The van der Waals surface area contributed by atoms with E-state index in [0.29, 0.717) is 12.1 Å². The Hall–Kier alpha value is -0.910. The second-order valence-electron chi connectivity index (χ2n) is 6.48. The van der Waals surface area contributed by atoms with E-state index < -0.39 is 5.97 Å². The summed E-state index contributed by atoms with van der Waals surface area (Å²) >= 11 is 0. The standard InChI is InChI=1S/C16H26N2O3/c19-16(20)12-13-10-14-2-3-15(11-13)18(14)5-1-4-17-6-8-21-9-7-17/h12,14-15H,1-11H2,(H,19,20). The zero-order valence-corrected chi connectivity index (χ0v) is 12.7. The molecule has 3 heterocycles. The number of nitrogens with zero attached hydrogens (tertiary/aromatic N) is 2. The Labute approximate surface area is 126 Å². The largest absolute Gasteiger partial charge is 0.478 e. The van der Waals surface area contributed by atoms with Gasteiger partial charge in [-0.05, 0) is 45.2 Å². The second-order valence-corrected chi connectivity index (χ2v) is 6.48. The third-order valence-electron chi connectivity index (χ3n) is 5.09. The van der Waals surface area contributed by atoms with E-state index in [2.05, 4.69) is 9.80 Å². The van der Waals surface area contributed by atoms with Crippen molar-refractivity contribution in [1.82, 2.24) is 9.80 Å². The molecule has 3 aliphatic heterocycles. The first-order valence-electron chi connectivity index (χ1n) is 8.20. The van der Waals surface area contributed by atoms with Gasteiger partial charge < -0.3 is 9.84 Å². The Morgan fingerprint density at radius 1 is 1.19 bits per heavy atom. The van der Waals surface area contributed by atoms with Crippen molar-refractivity contribution >= 4 is 5.97 Å². The van der Waals surface area contributed by atoms with Crippen molar-refractivity contribution < 1.29 is 14.6 Å². The van der Waals surface area contributed by atoms with Crippen LogP contribution >= 0.6 is 0 Å². The Balaban J connectivity index is 1.46. The normalized spacial score (nSPS) is 30.6. The van der Waals surface area contributed by atoms with Crippen molar-refractivity contribution in [3.05, 3.63) is 11.6 Å². The van der Waals surface area contributed by atoms with Gasteiger partial charge in [0.25, 0.3) is 0 Å². The maximum Gasteiger partial charge on any atom is 0.328 e. The maximum atomic E-state index is 10.8. The molecule has 3 aliphatic rings. The lowest BCUT2D eigenvalue weighted by Gasteiger charge is -2.36. The minimum atomic E-state index is -0.787. The van der Waals surface area contributed by atoms with Crippen LogP contribution in [0.2, 0.25) is 0 Å². The van der Waals surface area contributed by atoms with E-state index in [0.717, 1.165) is 57.8 Å². The molecule has 2 unspecified atom stereocenters. The average molecular weight is 294 g/mol. The summed E-state index contributed by atoms with van der Waals surface area (Å²) in [6, 6.07) is 1.16. The molecule has 118 valence electrons. The van der Waals surface area contributed by atoms with Gasteiger partial charge in [0.05, 0.1) is 13.2 Å². The minimum absolute atomic E-state index is 0.582. The van der Waals surface area contributed by atoms with E-state index in [1.807, 2.05) is 0 Å². The number of aliphatic carboxylic acids is 1. The molecule has 5 nitrogen and oxygen atoms in total. The second kappa shape index (κ2) is 6.90. The van der Waals surface area contributed by atoms with Crippen molar-refractivity contribution in [3.8, 4) is 0 Å². The predicted octanol–water partition coefficient (Wildman–Crippen LogP) is 1.35. The van der Waals surface area contributed by atoms with E-state index in [-0.39, 0.29) is 0 Å². The minimum Gasteiger partial charge on any atom is -0.478 e. The number of carboxylic acid groups (broad SMARTS) is 1. The molecule has 0 aliphatic carbocycles. The first kappa shape index (κ1) is 15.0. The summed E-state index contributed by atoms with van der Waals surface area (Å²) < 4.78 is 5.38. The Morgan fingerprint density at radius 3 is 2.48 bits per heavy atom. The summed E-state index contributed by atoms with van der Waals surface area (Å²) in [4.78, 5) is 16.0. The van der Waals surface area contributed by atoms with Gasteiger partial charge in [0.1, 0.15) is 0 Å². The number of ether oxygens (including phenoxy) is 1. The van der Waals surface area contributed by atoms with Crippen LogP contribution in [0.4, 0.5) is 0 Å². The smallest absolute Gasteiger partial charge is 0.328 e. The first-order valence-corrected chi connectivity index (χ1v) is 8.20. The fraction of sp³-hybridized carbons (Fsp3) is 0.812. The number of fused-ring (bicyclic) bond motifs is 2. The number of hydrogen-bond donors (Lipinski definition) is 1. The van der Waals surface area contributed by atoms with Crippen LogP contribution in [0, 0.1) is 0 Å². The van der Waals surface area contributed by atoms with Crippen LogP contribution in [-0.2, 0) is 9.53 Å². The van der Waals surface area contributed by atoms with Gasteiger partial charge in [-0.15, -0.1) is 0 Å². The molecule has 0 radical (unpaired) electrons. The van der Waals surface area contributed by atoms with Crippen molar-refractivity contribution in [1.29, 1.82) is 0 Å². The van der Waals surface area contributed by atoms with Crippen LogP contribution in [0.25, 0.3) is 0 Å². The van der Waals surface area contributed by atoms with Gasteiger partial charge >= 0.3 is 5.97 Å². The monoisotopic (exact) mass is 294 g/mol. The van der Waals surface area contributed by atoms with Crippen LogP contribution in [0.3, 0.4) is 0 Å². The predicted molar refractivity (Wildman–Crippen MR) is 80.3 cm³/mol. The molecule has 1 N–H and O–H groups in total. The molecule has 3 rings (SSSR count). The van der Waals surface area contributed by atoms with Gasteiger partial charge in [-0.3, -0.25) is 9.80 Å². The third-order valence-corrected chi connectivity index (χ3v) is 5.09. The van der Waals surface area contributed by atoms with E-state index in [1.165, 1.54) is 25.3 Å². The number of carbonyl (C=O) groups is 1. The van der Waals surface area contributed by atoms with E-state index in [9.17, 15) is 4.79 Å². The van der Waals surface area contributed by atoms with Crippen LogP contribution in [0.1, 0.15) is 32.1 Å². The molecule has 0 aromatic heterocycles. The molecule has 2 atom stereocenters. The summed E-state index contributed by atoms with van der Waals surface area (Å²) in [6.07, 6.45) is 7.04. The Kier molecular flexibility index (Phi) is 4.93. The van der Waals surface area contributed by atoms with E-state index >= 15 is 0 Å². The van der Waals surface area contributed by atoms with Gasteiger partial charge in [0.2, 0.25) is 0 Å². The zero-order valence-electron chi connectivity index (χ0n) is 12.7. The van der Waals surface area contributed by atoms with Crippen LogP contribution in [-0.4, -0.2) is 72.4 Å². The fourth-order valence-electron chi connectivity index (χ4n) is 4.10. The quantitative estimate of drug-likeness (QED) is 0.776. The van der Waals surface area contributed by atoms with Gasteiger partial charge in [0.15, 0.2) is 0 Å². The van der Waals surface area contributed by atoms with Crippen molar-refractivity contribution in [2.24, 2.45) is 0 Å². The van der Waals surface area contributed by atoms with Gasteiger partial charge in [-0.2, -0.15) is 0 Å². The highest BCUT2D eigenvalue weighted by Gasteiger charge is 2.38. The van der Waals surface area contributed by atoms with Crippen molar-refractivity contribution in [2.75, 3.05) is 39.4 Å². The van der Waals surface area contributed by atoms with Gasteiger partial charge in [0, 0.05) is 31.2 Å². The molecule has 3 fully saturated rings. The van der Waals surface area contributed by atoms with Crippen molar-refractivity contribution in [3.63, 3.8) is 0 Å². The summed E-state index contributed by atoms with van der Waals surface area (Å²) in [5.74, 6) is -0.787. The maximum absolute atomic E-state index is 10.8. The SMILES string of the molecule is O=C(O)C=C1CC2CCC(C1)N2CCCN1CCOCC1. The van der Waals surface area contributed by atoms with E-state index in [1.54, 1.807) is 0 Å². The molecular formula is C16H26N2O3. The highest BCUT2D eigenvalue weighted by atomic mass is 16.5. The summed E-state index contributed by atoms with van der Waals surface area (Å²) in [5, 5.41) is 8.90. The highest BCUT2D eigenvalue weighted by molar-refractivity contribution is 5.80. The van der Waals surface area contributed by atoms with Crippen LogP contribution in [0.5, 0.6) is 0 Å². The summed E-state index contributed by atoms with van der Waals surface area (Å²) in [7, 11) is 0. The summed E-state index contributed by atoms with van der Waals surface area (Å²) in [5.41, 5.74) is 1.14. The summed E-state index contributed by atoms with van der Waals surface area (Å²) in [6.45, 7) is 6.21. The zero-order chi connectivity index (χ0) is 14.7. The Bertz CT molecular complexity index is 388. The average Bonchev–Trinajstić information content (AvgIpc) is 2.70. The molecule has 0 saturated carbocycles. The number of carboxylic acids is 1. The van der Waals surface area contributed by atoms with E-state index in [4.69, 9.17) is 9.84 Å². The molecular weight excluding hydrogens is 268 g/mol. The molecule has 2 bridgehead atoms. The molecule has 21 heavy (non-hydrogen) atoms. The first-order chi connectivity index (χ1) is 10.2. The number of morpholine rings is 1. The lowest BCUT2D eigenvalue weighted by Crippen LogP contribution is -2.43. The molecule has 3 saturated heterocycles. The molecule has 0 aromatic rings. The number of piperidine rings is 1. The lowest BCUT2D eigenvalue weighted by molar-refractivity contribution is -0.131. The number of hydrogen-bond acceptors (Lipinski definition) is 4. The number of rotatable bonds is 5. The lowest BCUT2D eigenvalue weighted by atomic mass is 9.96.